The third-order valence-electron chi connectivity index (χ3n) is 4.62. The highest BCUT2D eigenvalue weighted by Crippen LogP contribution is 2.41. The molecule has 3 atom stereocenters. The molecular weight excluding hydrogens is 184 g/mol. The highest BCUT2D eigenvalue weighted by Gasteiger charge is 2.43. The number of hydrogen-bond donors (Lipinski definition) is 1. The summed E-state index contributed by atoms with van der Waals surface area (Å²) in [7, 11) is 0. The lowest BCUT2D eigenvalue weighted by Gasteiger charge is -2.47. The average molecular weight is 210 g/mol. The Labute approximate surface area is 94.2 Å². The van der Waals surface area contributed by atoms with Crippen LogP contribution < -0.4 is 5.73 Å². The zero-order valence-corrected chi connectivity index (χ0v) is 10.3. The molecule has 2 heteroatoms. The first-order chi connectivity index (χ1) is 7.18. The molecule has 2 N–H and O–H groups in total. The van der Waals surface area contributed by atoms with Crippen LogP contribution in [-0.4, -0.2) is 29.6 Å². The van der Waals surface area contributed by atoms with Crippen molar-refractivity contribution in [1.82, 2.24) is 4.90 Å². The molecule has 0 amide bonds. The molecule has 0 aromatic rings. The second-order valence-electron chi connectivity index (χ2n) is 5.81. The molecule has 0 radical (unpaired) electrons. The molecule has 15 heavy (non-hydrogen) atoms. The van der Waals surface area contributed by atoms with Crippen LogP contribution in [0.3, 0.4) is 0 Å². The van der Waals surface area contributed by atoms with Crippen LogP contribution in [0.2, 0.25) is 0 Å². The van der Waals surface area contributed by atoms with Gasteiger partial charge in [0, 0.05) is 18.1 Å². The molecule has 0 aromatic heterocycles. The lowest BCUT2D eigenvalue weighted by Crippen LogP contribution is -2.57. The van der Waals surface area contributed by atoms with Crippen LogP contribution in [0.1, 0.15) is 52.4 Å². The largest absolute Gasteiger partial charge is 0.329 e. The Kier molecular flexibility index (Phi) is 3.36. The predicted molar refractivity (Wildman–Crippen MR) is 64.8 cm³/mol. The Morgan fingerprint density at radius 2 is 2.07 bits per heavy atom. The smallest absolute Gasteiger partial charge is 0.0337 e. The van der Waals surface area contributed by atoms with Crippen molar-refractivity contribution in [2.45, 2.75) is 64.0 Å². The average Bonchev–Trinajstić information content (AvgIpc) is 2.62. The molecule has 3 unspecified atom stereocenters. The maximum Gasteiger partial charge on any atom is 0.0337 e. The van der Waals surface area contributed by atoms with E-state index < -0.39 is 0 Å². The van der Waals surface area contributed by atoms with Gasteiger partial charge in [-0.3, -0.25) is 4.90 Å². The summed E-state index contributed by atoms with van der Waals surface area (Å²) in [4.78, 5) is 2.74. The van der Waals surface area contributed by atoms with Crippen molar-refractivity contribution in [3.05, 3.63) is 0 Å². The van der Waals surface area contributed by atoms with Crippen LogP contribution in [0.4, 0.5) is 0 Å². The van der Waals surface area contributed by atoms with E-state index in [4.69, 9.17) is 5.73 Å². The summed E-state index contributed by atoms with van der Waals surface area (Å²) in [6.07, 6.45) is 8.19. The second kappa shape index (κ2) is 4.42. The minimum absolute atomic E-state index is 0.360. The van der Waals surface area contributed by atoms with E-state index >= 15 is 0 Å². The number of piperidine rings is 1. The Morgan fingerprint density at radius 1 is 1.27 bits per heavy atom. The van der Waals surface area contributed by atoms with Gasteiger partial charge in [0.05, 0.1) is 0 Å². The van der Waals surface area contributed by atoms with Gasteiger partial charge in [0.25, 0.3) is 0 Å². The Morgan fingerprint density at radius 3 is 2.60 bits per heavy atom. The Hall–Kier alpha value is -0.0800. The summed E-state index contributed by atoms with van der Waals surface area (Å²) in [6, 6.07) is 0.757. The number of likely N-dealkylation sites (tertiary alicyclic amines) is 1. The van der Waals surface area contributed by atoms with Crippen LogP contribution in [0, 0.1) is 5.92 Å². The number of nitrogens with two attached hydrogens (primary N) is 1. The topological polar surface area (TPSA) is 29.3 Å². The highest BCUT2D eigenvalue weighted by atomic mass is 15.2. The first kappa shape index (κ1) is 11.4. The second-order valence-corrected chi connectivity index (χ2v) is 5.81. The van der Waals surface area contributed by atoms with E-state index in [2.05, 4.69) is 18.7 Å². The van der Waals surface area contributed by atoms with E-state index in [1.165, 1.54) is 45.1 Å². The van der Waals surface area contributed by atoms with Gasteiger partial charge in [-0.1, -0.05) is 13.3 Å². The lowest BCUT2D eigenvalue weighted by molar-refractivity contribution is 0.0314. The zero-order valence-electron chi connectivity index (χ0n) is 10.3. The van der Waals surface area contributed by atoms with Gasteiger partial charge in [-0.2, -0.15) is 0 Å². The van der Waals surface area contributed by atoms with Crippen LogP contribution >= 0.6 is 0 Å². The molecule has 1 saturated heterocycles. The van der Waals surface area contributed by atoms with Gasteiger partial charge in [-0.05, 0) is 51.5 Å². The van der Waals surface area contributed by atoms with Crippen molar-refractivity contribution in [3.8, 4) is 0 Å². The van der Waals surface area contributed by atoms with Gasteiger partial charge < -0.3 is 5.73 Å². The minimum Gasteiger partial charge on any atom is -0.329 e. The predicted octanol–water partition coefficient (Wildman–Crippen LogP) is 2.38. The molecule has 0 aromatic carbocycles. The van der Waals surface area contributed by atoms with E-state index in [1.54, 1.807) is 0 Å². The summed E-state index contributed by atoms with van der Waals surface area (Å²) in [5.41, 5.74) is 6.44. The fraction of sp³-hybridized carbons (Fsp3) is 1.00. The molecule has 2 aliphatic rings. The van der Waals surface area contributed by atoms with Gasteiger partial charge in [0.1, 0.15) is 0 Å². The van der Waals surface area contributed by atoms with Crippen molar-refractivity contribution in [2.24, 2.45) is 11.7 Å². The summed E-state index contributed by atoms with van der Waals surface area (Å²) >= 11 is 0. The molecule has 1 heterocycles. The number of hydrogen-bond acceptors (Lipinski definition) is 2. The van der Waals surface area contributed by atoms with Crippen molar-refractivity contribution >= 4 is 0 Å². The molecular formula is C13H26N2. The summed E-state index contributed by atoms with van der Waals surface area (Å²) in [5.74, 6) is 0.877. The molecule has 1 aliphatic heterocycles. The van der Waals surface area contributed by atoms with Crippen molar-refractivity contribution in [3.63, 3.8) is 0 Å². The molecule has 2 rings (SSSR count). The lowest BCUT2D eigenvalue weighted by atomic mass is 9.88. The zero-order chi connectivity index (χ0) is 10.9. The van der Waals surface area contributed by atoms with Gasteiger partial charge in [-0.25, -0.2) is 0 Å². The van der Waals surface area contributed by atoms with Gasteiger partial charge in [-0.15, -0.1) is 0 Å². The van der Waals surface area contributed by atoms with Crippen LogP contribution in [-0.2, 0) is 0 Å². The molecule has 2 fully saturated rings. The van der Waals surface area contributed by atoms with Gasteiger partial charge in [0.2, 0.25) is 0 Å². The van der Waals surface area contributed by atoms with E-state index in [-0.39, 0.29) is 0 Å². The third-order valence-corrected chi connectivity index (χ3v) is 4.62. The van der Waals surface area contributed by atoms with Crippen LogP contribution in [0.25, 0.3) is 0 Å². The first-order valence-electron chi connectivity index (χ1n) is 6.65. The van der Waals surface area contributed by atoms with E-state index in [9.17, 15) is 0 Å². The normalized spacial score (nSPS) is 43.4. The standard InChI is InChI=1S/C13H26N2/c1-11-6-7-13(9-11,10-14)15-8-4-3-5-12(15)2/h11-12H,3-10,14H2,1-2H3. The monoisotopic (exact) mass is 210 g/mol. The van der Waals surface area contributed by atoms with Crippen LogP contribution in [0.5, 0.6) is 0 Å². The summed E-state index contributed by atoms with van der Waals surface area (Å²) < 4.78 is 0. The van der Waals surface area contributed by atoms with E-state index in [1.807, 2.05) is 0 Å². The van der Waals surface area contributed by atoms with Crippen molar-refractivity contribution < 1.29 is 0 Å². The fourth-order valence-corrected chi connectivity index (χ4v) is 3.73. The molecule has 2 nitrogen and oxygen atoms in total. The number of rotatable bonds is 2. The van der Waals surface area contributed by atoms with Crippen LogP contribution in [0.15, 0.2) is 0 Å². The SMILES string of the molecule is CC1CCC(CN)(N2CCCCC2C)C1. The summed E-state index contributed by atoms with van der Waals surface area (Å²) in [5, 5.41) is 0. The van der Waals surface area contributed by atoms with Gasteiger partial charge in [0.15, 0.2) is 0 Å². The fourth-order valence-electron chi connectivity index (χ4n) is 3.73. The molecule has 0 spiro atoms. The molecule has 1 aliphatic carbocycles. The maximum atomic E-state index is 6.08. The van der Waals surface area contributed by atoms with Gasteiger partial charge >= 0.3 is 0 Å². The highest BCUT2D eigenvalue weighted by molar-refractivity contribution is 5.00. The number of nitrogens with zero attached hydrogens (tertiary/aromatic N) is 1. The Bertz CT molecular complexity index is 217. The Balaban J connectivity index is 2.10. The van der Waals surface area contributed by atoms with E-state index in [0.717, 1.165) is 18.5 Å². The quantitative estimate of drug-likeness (QED) is 0.758. The van der Waals surface area contributed by atoms with E-state index in [0.29, 0.717) is 5.54 Å². The minimum atomic E-state index is 0.360. The molecule has 1 saturated carbocycles. The third kappa shape index (κ3) is 2.07. The maximum absolute atomic E-state index is 6.08. The summed E-state index contributed by atoms with van der Waals surface area (Å²) in [6.45, 7) is 6.92. The van der Waals surface area contributed by atoms with Crippen molar-refractivity contribution in [2.75, 3.05) is 13.1 Å². The molecule has 88 valence electrons. The molecule has 0 bridgehead atoms. The first-order valence-corrected chi connectivity index (χ1v) is 6.65. The van der Waals surface area contributed by atoms with Crippen molar-refractivity contribution in [1.29, 1.82) is 0 Å².